The second-order valence-corrected chi connectivity index (χ2v) is 5.73. The highest BCUT2D eigenvalue weighted by Gasteiger charge is 2.26. The van der Waals surface area contributed by atoms with E-state index in [0.29, 0.717) is 11.8 Å². The van der Waals surface area contributed by atoms with Crippen LogP contribution in [0.2, 0.25) is 10.6 Å². The molecule has 1 amide bonds. The zero-order valence-electron chi connectivity index (χ0n) is 10.4. The minimum absolute atomic E-state index is 0.0110. The second kappa shape index (κ2) is 5.45. The number of carbonyl (C=O) groups is 1. The van der Waals surface area contributed by atoms with Crippen molar-refractivity contribution in [3.8, 4) is 0 Å². The van der Waals surface area contributed by atoms with Crippen LogP contribution < -0.4 is 0 Å². The fraction of sp³-hybridized carbons (Fsp3) is 0.727. The van der Waals surface area contributed by atoms with E-state index in [9.17, 15) is 4.79 Å². The van der Waals surface area contributed by atoms with Crippen LogP contribution in [0, 0.1) is 11.8 Å². The maximum Gasteiger partial charge on any atom is 0.244 e. The zero-order valence-corrected chi connectivity index (χ0v) is 11.9. The molecule has 0 aromatic carbocycles. The molecule has 1 aliphatic heterocycles. The van der Waals surface area contributed by atoms with Gasteiger partial charge in [0.15, 0.2) is 0 Å². The maximum atomic E-state index is 12.2. The summed E-state index contributed by atoms with van der Waals surface area (Å²) in [5.74, 6) is 1.08. The minimum Gasteiger partial charge on any atom is -0.341 e. The molecule has 1 aromatic rings. The Hall–Kier alpha value is -0.810. The van der Waals surface area contributed by atoms with Gasteiger partial charge in [0.25, 0.3) is 0 Å². The average molecular weight is 291 g/mol. The Morgan fingerprint density at radius 2 is 1.94 bits per heavy atom. The quantitative estimate of drug-likeness (QED) is 0.838. The smallest absolute Gasteiger partial charge is 0.244 e. The van der Waals surface area contributed by atoms with Crippen LogP contribution in [0.5, 0.6) is 0 Å². The van der Waals surface area contributed by atoms with Gasteiger partial charge in [-0.1, -0.05) is 13.8 Å². The van der Waals surface area contributed by atoms with Crippen molar-refractivity contribution in [3.05, 3.63) is 10.6 Å². The summed E-state index contributed by atoms with van der Waals surface area (Å²) in [6.45, 7) is 6.01. The molecule has 100 valence electrons. The Bertz CT molecular complexity index is 438. The third-order valence-electron chi connectivity index (χ3n) is 3.11. The normalized spacial score (nSPS) is 24.3. The van der Waals surface area contributed by atoms with Crippen molar-refractivity contribution in [2.75, 3.05) is 13.1 Å². The number of aromatic nitrogens is 3. The van der Waals surface area contributed by atoms with E-state index in [1.807, 2.05) is 4.90 Å². The fourth-order valence-corrected chi connectivity index (χ4v) is 2.88. The first-order valence-electron chi connectivity index (χ1n) is 5.99. The Kier molecular flexibility index (Phi) is 4.12. The van der Waals surface area contributed by atoms with Gasteiger partial charge in [-0.3, -0.25) is 4.79 Å². The molecule has 0 aliphatic carbocycles. The first kappa shape index (κ1) is 13.6. The van der Waals surface area contributed by atoms with E-state index in [4.69, 9.17) is 23.2 Å². The molecular formula is C11H16Cl2N4O. The molecule has 1 aliphatic rings. The maximum absolute atomic E-state index is 12.2. The molecule has 1 aromatic heterocycles. The Balaban J connectivity index is 2.01. The number of likely N-dealkylation sites (tertiary alicyclic amines) is 1. The summed E-state index contributed by atoms with van der Waals surface area (Å²) in [6.07, 6.45) is 1.17. The monoisotopic (exact) mass is 290 g/mol. The zero-order chi connectivity index (χ0) is 13.3. The second-order valence-electron chi connectivity index (χ2n) is 5.05. The van der Waals surface area contributed by atoms with Crippen molar-refractivity contribution in [2.45, 2.75) is 26.8 Å². The molecule has 2 rings (SSSR count). The van der Waals surface area contributed by atoms with Crippen molar-refractivity contribution in [1.29, 1.82) is 0 Å². The van der Waals surface area contributed by atoms with Crippen LogP contribution in [0.25, 0.3) is 0 Å². The minimum atomic E-state index is 0.0110. The Morgan fingerprint density at radius 3 is 2.44 bits per heavy atom. The van der Waals surface area contributed by atoms with E-state index in [-0.39, 0.29) is 23.0 Å². The van der Waals surface area contributed by atoms with Crippen LogP contribution >= 0.6 is 23.2 Å². The van der Waals surface area contributed by atoms with Crippen LogP contribution in [-0.4, -0.2) is 38.7 Å². The van der Waals surface area contributed by atoms with Crippen molar-refractivity contribution in [3.63, 3.8) is 0 Å². The summed E-state index contributed by atoms with van der Waals surface area (Å²) in [5.41, 5.74) is 0. The van der Waals surface area contributed by atoms with Gasteiger partial charge in [-0.2, -0.15) is 4.98 Å². The molecule has 1 saturated heterocycles. The van der Waals surface area contributed by atoms with Gasteiger partial charge in [-0.25, -0.2) is 4.68 Å². The molecular weight excluding hydrogens is 275 g/mol. The summed E-state index contributed by atoms with van der Waals surface area (Å²) < 4.78 is 1.33. The molecule has 2 heterocycles. The largest absolute Gasteiger partial charge is 0.341 e. The van der Waals surface area contributed by atoms with Gasteiger partial charge in [0.1, 0.15) is 6.54 Å². The van der Waals surface area contributed by atoms with Crippen LogP contribution in [0.4, 0.5) is 0 Å². The highest BCUT2D eigenvalue weighted by Crippen LogP contribution is 2.21. The molecule has 1 fully saturated rings. The molecule has 0 N–H and O–H groups in total. The number of piperidine rings is 1. The van der Waals surface area contributed by atoms with Crippen molar-refractivity contribution < 1.29 is 4.79 Å². The number of hydrogen-bond donors (Lipinski definition) is 0. The summed E-state index contributed by atoms with van der Waals surface area (Å²) in [5, 5.41) is 4.08. The Morgan fingerprint density at radius 1 is 1.33 bits per heavy atom. The first-order chi connectivity index (χ1) is 8.45. The number of rotatable bonds is 2. The predicted octanol–water partition coefficient (Wildman–Crippen LogP) is 2.09. The number of hydrogen-bond acceptors (Lipinski definition) is 3. The molecule has 0 unspecified atom stereocenters. The van der Waals surface area contributed by atoms with Crippen molar-refractivity contribution >= 4 is 29.1 Å². The lowest BCUT2D eigenvalue weighted by Gasteiger charge is -2.35. The number of amides is 1. The van der Waals surface area contributed by atoms with Gasteiger partial charge >= 0.3 is 0 Å². The van der Waals surface area contributed by atoms with E-state index in [1.54, 1.807) is 0 Å². The van der Waals surface area contributed by atoms with Crippen LogP contribution in [0.15, 0.2) is 0 Å². The average Bonchev–Trinajstić information content (AvgIpc) is 2.56. The molecule has 0 radical (unpaired) electrons. The fourth-order valence-electron chi connectivity index (χ4n) is 2.49. The van der Waals surface area contributed by atoms with E-state index in [1.165, 1.54) is 11.1 Å². The van der Waals surface area contributed by atoms with E-state index in [0.717, 1.165) is 13.1 Å². The SMILES string of the molecule is C[C@@H]1C[C@H](C)CN(C(=O)Cn2nc(Cl)nc2Cl)C1. The molecule has 0 bridgehead atoms. The molecule has 18 heavy (non-hydrogen) atoms. The topological polar surface area (TPSA) is 51.0 Å². The van der Waals surface area contributed by atoms with Crippen LogP contribution in [-0.2, 0) is 11.3 Å². The van der Waals surface area contributed by atoms with Gasteiger partial charge in [0.05, 0.1) is 0 Å². The van der Waals surface area contributed by atoms with Gasteiger partial charge in [-0.05, 0) is 41.5 Å². The summed E-state index contributed by atoms with van der Waals surface area (Å²) in [7, 11) is 0. The molecule has 2 atom stereocenters. The van der Waals surface area contributed by atoms with Gasteiger partial charge in [-0.15, -0.1) is 5.10 Å². The third-order valence-corrected chi connectivity index (χ3v) is 3.55. The number of carbonyl (C=O) groups excluding carboxylic acids is 1. The molecule has 0 saturated carbocycles. The van der Waals surface area contributed by atoms with Gasteiger partial charge < -0.3 is 4.90 Å². The van der Waals surface area contributed by atoms with Crippen molar-refractivity contribution in [2.24, 2.45) is 11.8 Å². The summed E-state index contributed by atoms with van der Waals surface area (Å²) in [4.78, 5) is 17.8. The lowest BCUT2D eigenvalue weighted by atomic mass is 9.92. The van der Waals surface area contributed by atoms with E-state index < -0.39 is 0 Å². The van der Waals surface area contributed by atoms with Crippen LogP contribution in [0.1, 0.15) is 20.3 Å². The van der Waals surface area contributed by atoms with Crippen molar-refractivity contribution in [1.82, 2.24) is 19.7 Å². The molecule has 0 spiro atoms. The lowest BCUT2D eigenvalue weighted by molar-refractivity contribution is -0.134. The lowest BCUT2D eigenvalue weighted by Crippen LogP contribution is -2.44. The standard InChI is InChI=1S/C11H16Cl2N4O/c1-7-3-8(2)5-16(4-7)9(18)6-17-11(13)14-10(12)15-17/h7-8H,3-6H2,1-2H3/t7-,8+. The summed E-state index contributed by atoms with van der Waals surface area (Å²) in [6, 6.07) is 0. The number of nitrogens with zero attached hydrogens (tertiary/aromatic N) is 4. The third kappa shape index (κ3) is 3.14. The number of halogens is 2. The molecule has 7 heteroatoms. The molecule has 5 nitrogen and oxygen atoms in total. The van der Waals surface area contributed by atoms with E-state index >= 15 is 0 Å². The summed E-state index contributed by atoms with van der Waals surface area (Å²) >= 11 is 11.4. The predicted molar refractivity (Wildman–Crippen MR) is 69.6 cm³/mol. The highest BCUT2D eigenvalue weighted by molar-refractivity contribution is 6.31. The van der Waals surface area contributed by atoms with Gasteiger partial charge in [0.2, 0.25) is 16.5 Å². The first-order valence-corrected chi connectivity index (χ1v) is 6.75. The Labute approximate surface area is 116 Å². The highest BCUT2D eigenvalue weighted by atomic mass is 35.5. The van der Waals surface area contributed by atoms with E-state index in [2.05, 4.69) is 23.9 Å². The van der Waals surface area contributed by atoms with Crippen LogP contribution in [0.3, 0.4) is 0 Å². The van der Waals surface area contributed by atoms with Gasteiger partial charge in [0, 0.05) is 13.1 Å².